The number of sulfonamides is 1. The van der Waals surface area contributed by atoms with E-state index in [-0.39, 0.29) is 16.9 Å². The van der Waals surface area contributed by atoms with Crippen molar-refractivity contribution in [1.29, 1.82) is 0 Å². The molecule has 0 heterocycles. The largest absolute Gasteiger partial charge is 0.391 e. The number of nitrogens with one attached hydrogen (secondary N) is 1. The molecule has 1 atom stereocenters. The monoisotopic (exact) mass is 335 g/mol. The highest BCUT2D eigenvalue weighted by atomic mass is 79.9. The van der Waals surface area contributed by atoms with Gasteiger partial charge in [0.05, 0.1) is 11.0 Å². The molecule has 0 fully saturated rings. The molecule has 102 valence electrons. The first kappa shape index (κ1) is 15.6. The van der Waals surface area contributed by atoms with Gasteiger partial charge in [-0.1, -0.05) is 32.9 Å². The molecule has 0 saturated carbocycles. The second-order valence-electron chi connectivity index (χ2n) is 5.16. The molecule has 0 saturated heterocycles. The molecule has 1 aromatic rings. The van der Waals surface area contributed by atoms with Crippen molar-refractivity contribution in [2.45, 2.75) is 31.8 Å². The Balaban J connectivity index is 2.82. The van der Waals surface area contributed by atoms with Crippen LogP contribution in [0.1, 0.15) is 20.8 Å². The van der Waals surface area contributed by atoms with Crippen LogP contribution in [0.4, 0.5) is 0 Å². The average Bonchev–Trinajstić information content (AvgIpc) is 2.25. The standard InChI is InChI=1S/C12H18BrNO3S/c1-12(2,3)11(15)8-14-18(16,17)10-7-5-4-6-9(10)13/h4-7,11,14-15H,8H2,1-3H3. The van der Waals surface area contributed by atoms with Crippen molar-refractivity contribution in [2.24, 2.45) is 5.41 Å². The highest BCUT2D eigenvalue weighted by molar-refractivity contribution is 9.10. The summed E-state index contributed by atoms with van der Waals surface area (Å²) in [5, 5.41) is 9.83. The molecule has 18 heavy (non-hydrogen) atoms. The molecule has 4 nitrogen and oxygen atoms in total. The van der Waals surface area contributed by atoms with Gasteiger partial charge >= 0.3 is 0 Å². The number of rotatable bonds is 4. The third kappa shape index (κ3) is 4.05. The zero-order chi connectivity index (χ0) is 14.0. The van der Waals surface area contributed by atoms with Crippen molar-refractivity contribution in [1.82, 2.24) is 4.72 Å². The van der Waals surface area contributed by atoms with Gasteiger partial charge in [-0.3, -0.25) is 0 Å². The predicted molar refractivity (Wildman–Crippen MR) is 74.8 cm³/mol. The molecule has 2 N–H and O–H groups in total. The minimum Gasteiger partial charge on any atom is -0.391 e. The van der Waals surface area contributed by atoms with E-state index in [0.717, 1.165) is 0 Å². The summed E-state index contributed by atoms with van der Waals surface area (Å²) in [5.41, 5.74) is -0.365. The lowest BCUT2D eigenvalue weighted by atomic mass is 9.89. The zero-order valence-corrected chi connectivity index (χ0v) is 13.0. The summed E-state index contributed by atoms with van der Waals surface area (Å²) in [7, 11) is -3.60. The summed E-state index contributed by atoms with van der Waals surface area (Å²) < 4.78 is 27.0. The average molecular weight is 336 g/mol. The van der Waals surface area contributed by atoms with Crippen molar-refractivity contribution >= 4 is 26.0 Å². The van der Waals surface area contributed by atoms with E-state index in [0.29, 0.717) is 4.47 Å². The fraction of sp³-hybridized carbons (Fsp3) is 0.500. The molecule has 0 radical (unpaired) electrons. The molecule has 1 aromatic carbocycles. The lowest BCUT2D eigenvalue weighted by Crippen LogP contribution is -2.39. The highest BCUT2D eigenvalue weighted by Crippen LogP contribution is 2.22. The van der Waals surface area contributed by atoms with E-state index in [1.807, 2.05) is 20.8 Å². The van der Waals surface area contributed by atoms with Crippen LogP contribution >= 0.6 is 15.9 Å². The molecular weight excluding hydrogens is 318 g/mol. The first-order chi connectivity index (χ1) is 8.14. The van der Waals surface area contributed by atoms with E-state index in [1.54, 1.807) is 18.2 Å². The molecular formula is C12H18BrNO3S. The molecule has 1 rings (SSSR count). The number of hydrogen-bond donors (Lipinski definition) is 2. The van der Waals surface area contributed by atoms with E-state index in [4.69, 9.17) is 0 Å². The lowest BCUT2D eigenvalue weighted by molar-refractivity contribution is 0.0677. The molecule has 0 bridgehead atoms. The third-order valence-corrected chi connectivity index (χ3v) is 5.03. The van der Waals surface area contributed by atoms with Gasteiger partial charge in [0.25, 0.3) is 0 Å². The predicted octanol–water partition coefficient (Wildman–Crippen LogP) is 2.13. The number of aliphatic hydroxyl groups excluding tert-OH is 1. The summed E-state index contributed by atoms with van der Waals surface area (Å²) in [6.07, 6.45) is -0.741. The van der Waals surface area contributed by atoms with Crippen molar-refractivity contribution in [3.05, 3.63) is 28.7 Å². The number of halogens is 1. The van der Waals surface area contributed by atoms with Crippen molar-refractivity contribution < 1.29 is 13.5 Å². The lowest BCUT2D eigenvalue weighted by Gasteiger charge is -2.25. The molecule has 6 heteroatoms. The maximum atomic E-state index is 12.0. The van der Waals surface area contributed by atoms with Crippen LogP contribution in [-0.4, -0.2) is 26.2 Å². The van der Waals surface area contributed by atoms with Crippen LogP contribution in [0.25, 0.3) is 0 Å². The summed E-state index contributed by atoms with van der Waals surface area (Å²) in [6, 6.07) is 6.57. The Labute approximate surface area is 117 Å². The Morgan fingerprint density at radius 2 is 1.89 bits per heavy atom. The summed E-state index contributed by atoms with van der Waals surface area (Å²) in [4.78, 5) is 0.172. The molecule has 0 amide bonds. The van der Waals surface area contributed by atoms with Crippen molar-refractivity contribution in [2.75, 3.05) is 6.54 Å². The van der Waals surface area contributed by atoms with Crippen LogP contribution < -0.4 is 4.72 Å². The molecule has 1 unspecified atom stereocenters. The van der Waals surface area contributed by atoms with Gasteiger partial charge in [0.15, 0.2) is 0 Å². The van der Waals surface area contributed by atoms with Gasteiger partial charge in [0, 0.05) is 11.0 Å². The zero-order valence-electron chi connectivity index (χ0n) is 10.6. The Morgan fingerprint density at radius 3 is 2.39 bits per heavy atom. The van der Waals surface area contributed by atoms with Crippen LogP contribution in [0.3, 0.4) is 0 Å². The Hall–Kier alpha value is -0.430. The number of benzene rings is 1. The smallest absolute Gasteiger partial charge is 0.241 e. The Kier molecular flexibility index (Phi) is 4.94. The maximum absolute atomic E-state index is 12.0. The quantitative estimate of drug-likeness (QED) is 0.885. The van der Waals surface area contributed by atoms with E-state index in [1.165, 1.54) is 6.07 Å². The van der Waals surface area contributed by atoms with Crippen molar-refractivity contribution in [3.63, 3.8) is 0 Å². The van der Waals surface area contributed by atoms with E-state index in [9.17, 15) is 13.5 Å². The maximum Gasteiger partial charge on any atom is 0.241 e. The number of hydrogen-bond acceptors (Lipinski definition) is 3. The molecule has 0 spiro atoms. The molecule has 0 aliphatic heterocycles. The molecule has 0 aromatic heterocycles. The van der Waals surface area contributed by atoms with Gasteiger partial charge in [0.1, 0.15) is 0 Å². The minimum absolute atomic E-state index is 0.00678. The van der Waals surface area contributed by atoms with Crippen molar-refractivity contribution in [3.8, 4) is 0 Å². The molecule has 0 aliphatic rings. The van der Waals surface area contributed by atoms with Gasteiger partial charge in [-0.15, -0.1) is 0 Å². The SMILES string of the molecule is CC(C)(C)C(O)CNS(=O)(=O)c1ccccc1Br. The molecule has 0 aliphatic carbocycles. The van der Waals surface area contributed by atoms with E-state index in [2.05, 4.69) is 20.7 Å². The fourth-order valence-electron chi connectivity index (χ4n) is 1.24. The van der Waals surface area contributed by atoms with Crippen LogP contribution in [-0.2, 0) is 10.0 Å². The number of aliphatic hydroxyl groups is 1. The highest BCUT2D eigenvalue weighted by Gasteiger charge is 2.25. The van der Waals surface area contributed by atoms with Gasteiger partial charge in [0.2, 0.25) is 10.0 Å². The third-order valence-electron chi connectivity index (χ3n) is 2.59. The van der Waals surface area contributed by atoms with Crippen LogP contribution in [0.5, 0.6) is 0 Å². The van der Waals surface area contributed by atoms with Crippen LogP contribution in [0.2, 0.25) is 0 Å². The second kappa shape index (κ2) is 5.69. The summed E-state index contributed by atoms with van der Waals surface area (Å²) in [6.45, 7) is 5.55. The first-order valence-corrected chi connectivity index (χ1v) is 7.84. The normalized spacial score (nSPS) is 14.5. The van der Waals surface area contributed by atoms with E-state index < -0.39 is 16.1 Å². The van der Waals surface area contributed by atoms with Crippen LogP contribution in [0, 0.1) is 5.41 Å². The topological polar surface area (TPSA) is 66.4 Å². The first-order valence-electron chi connectivity index (χ1n) is 5.57. The Morgan fingerprint density at radius 1 is 1.33 bits per heavy atom. The summed E-state index contributed by atoms with van der Waals surface area (Å²) >= 11 is 3.20. The minimum atomic E-state index is -3.60. The van der Waals surface area contributed by atoms with E-state index >= 15 is 0 Å². The van der Waals surface area contributed by atoms with Gasteiger partial charge in [-0.25, -0.2) is 13.1 Å². The Bertz CT molecular complexity index is 508. The van der Waals surface area contributed by atoms with Crippen LogP contribution in [0.15, 0.2) is 33.6 Å². The second-order valence-corrected chi connectivity index (χ2v) is 7.75. The summed E-state index contributed by atoms with van der Waals surface area (Å²) in [5.74, 6) is 0. The van der Waals surface area contributed by atoms with Gasteiger partial charge < -0.3 is 5.11 Å². The fourth-order valence-corrected chi connectivity index (χ4v) is 3.27. The van der Waals surface area contributed by atoms with Gasteiger partial charge in [-0.05, 0) is 33.5 Å². The van der Waals surface area contributed by atoms with Gasteiger partial charge in [-0.2, -0.15) is 0 Å².